The van der Waals surface area contributed by atoms with E-state index in [1.807, 2.05) is 18.2 Å². The second-order valence-electron chi connectivity index (χ2n) is 2.69. The van der Waals surface area contributed by atoms with Crippen molar-refractivity contribution in [1.82, 2.24) is 5.32 Å². The molecule has 66 valence electrons. The quantitative estimate of drug-likeness (QED) is 0.517. The van der Waals surface area contributed by atoms with Crippen molar-refractivity contribution in [3.05, 3.63) is 36.8 Å². The molecule has 1 N–H and O–H groups in total. The molecule has 0 unspecified atom stereocenters. The zero-order valence-electron chi connectivity index (χ0n) is 7.25. The van der Waals surface area contributed by atoms with Gasteiger partial charge in [-0.3, -0.25) is 0 Å². The third-order valence-electron chi connectivity index (χ3n) is 1.64. The summed E-state index contributed by atoms with van der Waals surface area (Å²) in [5.41, 5.74) is 0. The summed E-state index contributed by atoms with van der Waals surface area (Å²) in [5.74, 6) is 0.994. The van der Waals surface area contributed by atoms with Crippen LogP contribution < -0.4 is 5.32 Å². The Kier molecular flexibility index (Phi) is 4.24. The lowest BCUT2D eigenvalue weighted by atomic mass is 10.3. The zero-order chi connectivity index (χ0) is 8.65. The van der Waals surface area contributed by atoms with Gasteiger partial charge in [0.2, 0.25) is 0 Å². The summed E-state index contributed by atoms with van der Waals surface area (Å²) < 4.78 is 5.16. The lowest BCUT2D eigenvalue weighted by Crippen LogP contribution is -2.13. The molecular weight excluding hydrogens is 150 g/mol. The molecule has 1 rings (SSSR count). The van der Waals surface area contributed by atoms with Gasteiger partial charge in [0.15, 0.2) is 0 Å². The monoisotopic (exact) mass is 165 g/mol. The van der Waals surface area contributed by atoms with Crippen LogP contribution in [0.2, 0.25) is 0 Å². The maximum absolute atomic E-state index is 5.16. The van der Waals surface area contributed by atoms with E-state index in [1.54, 1.807) is 6.26 Å². The Morgan fingerprint density at radius 1 is 1.58 bits per heavy atom. The number of rotatable bonds is 6. The predicted octanol–water partition coefficient (Wildman–Crippen LogP) is 2.34. The number of furan rings is 1. The van der Waals surface area contributed by atoms with Crippen LogP contribution in [-0.4, -0.2) is 6.54 Å². The highest BCUT2D eigenvalue weighted by atomic mass is 16.3. The van der Waals surface area contributed by atoms with E-state index >= 15 is 0 Å². The molecule has 0 saturated heterocycles. The van der Waals surface area contributed by atoms with E-state index in [-0.39, 0.29) is 0 Å². The predicted molar refractivity (Wildman–Crippen MR) is 49.8 cm³/mol. The summed E-state index contributed by atoms with van der Waals surface area (Å²) in [4.78, 5) is 0. The summed E-state index contributed by atoms with van der Waals surface area (Å²) in [7, 11) is 0. The van der Waals surface area contributed by atoms with Crippen molar-refractivity contribution in [1.29, 1.82) is 0 Å². The summed E-state index contributed by atoms with van der Waals surface area (Å²) >= 11 is 0. The average molecular weight is 165 g/mol. The third kappa shape index (κ3) is 3.39. The van der Waals surface area contributed by atoms with Gasteiger partial charge in [-0.25, -0.2) is 0 Å². The van der Waals surface area contributed by atoms with E-state index in [0.717, 1.165) is 31.7 Å². The third-order valence-corrected chi connectivity index (χ3v) is 1.64. The zero-order valence-corrected chi connectivity index (χ0v) is 7.25. The summed E-state index contributed by atoms with van der Waals surface area (Å²) in [6, 6.07) is 3.88. The van der Waals surface area contributed by atoms with Gasteiger partial charge in [0.05, 0.1) is 12.8 Å². The first kappa shape index (κ1) is 9.07. The normalized spacial score (nSPS) is 10.0. The molecule has 0 aromatic carbocycles. The van der Waals surface area contributed by atoms with Gasteiger partial charge in [0.25, 0.3) is 0 Å². The molecule has 1 aromatic rings. The second kappa shape index (κ2) is 5.61. The van der Waals surface area contributed by atoms with Crippen LogP contribution in [0.15, 0.2) is 35.5 Å². The van der Waals surface area contributed by atoms with Crippen LogP contribution in [-0.2, 0) is 6.54 Å². The van der Waals surface area contributed by atoms with Gasteiger partial charge in [-0.05, 0) is 31.5 Å². The van der Waals surface area contributed by atoms with E-state index in [2.05, 4.69) is 11.9 Å². The lowest BCUT2D eigenvalue weighted by Gasteiger charge is -1.99. The minimum atomic E-state index is 0.824. The molecule has 0 fully saturated rings. The van der Waals surface area contributed by atoms with Crippen molar-refractivity contribution in [2.24, 2.45) is 0 Å². The van der Waals surface area contributed by atoms with Crippen LogP contribution in [0.4, 0.5) is 0 Å². The Morgan fingerprint density at radius 3 is 3.17 bits per heavy atom. The molecule has 0 amide bonds. The molecule has 0 saturated carbocycles. The van der Waals surface area contributed by atoms with Gasteiger partial charge in [-0.15, -0.1) is 6.58 Å². The first-order valence-corrected chi connectivity index (χ1v) is 4.27. The van der Waals surface area contributed by atoms with Crippen molar-refractivity contribution < 1.29 is 4.42 Å². The molecule has 2 heteroatoms. The van der Waals surface area contributed by atoms with Gasteiger partial charge in [-0.1, -0.05) is 6.08 Å². The van der Waals surface area contributed by atoms with Crippen LogP contribution in [0, 0.1) is 0 Å². The lowest BCUT2D eigenvalue weighted by molar-refractivity contribution is 0.481. The van der Waals surface area contributed by atoms with E-state index in [0.29, 0.717) is 0 Å². The van der Waals surface area contributed by atoms with Gasteiger partial charge in [-0.2, -0.15) is 0 Å². The largest absolute Gasteiger partial charge is 0.468 e. The molecule has 0 aliphatic carbocycles. The smallest absolute Gasteiger partial charge is 0.117 e. The van der Waals surface area contributed by atoms with Crippen LogP contribution in [0.1, 0.15) is 18.6 Å². The van der Waals surface area contributed by atoms with Crippen molar-refractivity contribution in [2.75, 3.05) is 6.54 Å². The molecule has 0 atom stereocenters. The molecule has 1 heterocycles. The van der Waals surface area contributed by atoms with Gasteiger partial charge < -0.3 is 9.73 Å². The molecule has 1 aromatic heterocycles. The SMILES string of the molecule is C=CCCCNCc1ccco1. The molecule has 0 aliphatic heterocycles. The topological polar surface area (TPSA) is 25.2 Å². The fourth-order valence-corrected chi connectivity index (χ4v) is 0.996. The van der Waals surface area contributed by atoms with Gasteiger partial charge in [0, 0.05) is 0 Å². The van der Waals surface area contributed by atoms with E-state index in [9.17, 15) is 0 Å². The Morgan fingerprint density at radius 2 is 2.50 bits per heavy atom. The fourth-order valence-electron chi connectivity index (χ4n) is 0.996. The van der Waals surface area contributed by atoms with Crippen molar-refractivity contribution >= 4 is 0 Å². The van der Waals surface area contributed by atoms with Crippen molar-refractivity contribution in [3.8, 4) is 0 Å². The average Bonchev–Trinajstić information content (AvgIpc) is 2.57. The summed E-state index contributed by atoms with van der Waals surface area (Å²) in [6.07, 6.45) is 5.85. The Bertz CT molecular complexity index is 204. The maximum Gasteiger partial charge on any atom is 0.117 e. The van der Waals surface area contributed by atoms with Crippen LogP contribution in [0.25, 0.3) is 0 Å². The van der Waals surface area contributed by atoms with Crippen molar-refractivity contribution in [2.45, 2.75) is 19.4 Å². The number of allylic oxidation sites excluding steroid dienone is 1. The highest BCUT2D eigenvalue weighted by Gasteiger charge is 1.92. The number of nitrogens with one attached hydrogen (secondary N) is 1. The van der Waals surface area contributed by atoms with Gasteiger partial charge in [0.1, 0.15) is 5.76 Å². The standard InChI is InChI=1S/C10H15NO/c1-2-3-4-7-11-9-10-6-5-8-12-10/h2,5-6,8,11H,1,3-4,7,9H2. The molecule has 2 nitrogen and oxygen atoms in total. The van der Waals surface area contributed by atoms with Crippen molar-refractivity contribution in [3.63, 3.8) is 0 Å². The molecule has 0 spiro atoms. The molecule has 0 aliphatic rings. The Labute approximate surface area is 73.3 Å². The van der Waals surface area contributed by atoms with Crippen LogP contribution >= 0.6 is 0 Å². The minimum absolute atomic E-state index is 0.824. The Balaban J connectivity index is 2.00. The van der Waals surface area contributed by atoms with Gasteiger partial charge >= 0.3 is 0 Å². The summed E-state index contributed by atoms with van der Waals surface area (Å²) in [6.45, 7) is 5.51. The highest BCUT2D eigenvalue weighted by Crippen LogP contribution is 1.98. The molecular formula is C10H15NO. The first-order valence-electron chi connectivity index (χ1n) is 4.27. The number of hydrogen-bond acceptors (Lipinski definition) is 2. The number of hydrogen-bond donors (Lipinski definition) is 1. The second-order valence-corrected chi connectivity index (χ2v) is 2.69. The van der Waals surface area contributed by atoms with E-state index in [1.165, 1.54) is 0 Å². The number of unbranched alkanes of at least 4 members (excludes halogenated alkanes) is 1. The minimum Gasteiger partial charge on any atom is -0.468 e. The van der Waals surface area contributed by atoms with E-state index < -0.39 is 0 Å². The maximum atomic E-state index is 5.16. The van der Waals surface area contributed by atoms with Crippen LogP contribution in [0.5, 0.6) is 0 Å². The fraction of sp³-hybridized carbons (Fsp3) is 0.400. The molecule has 12 heavy (non-hydrogen) atoms. The molecule has 0 radical (unpaired) electrons. The first-order chi connectivity index (χ1) is 5.93. The summed E-state index contributed by atoms with van der Waals surface area (Å²) in [5, 5.41) is 3.28. The highest BCUT2D eigenvalue weighted by molar-refractivity contribution is 4.97. The molecule has 0 bridgehead atoms. The van der Waals surface area contributed by atoms with E-state index in [4.69, 9.17) is 4.42 Å². The Hall–Kier alpha value is -1.02. The van der Waals surface area contributed by atoms with Crippen LogP contribution in [0.3, 0.4) is 0 Å².